The van der Waals surface area contributed by atoms with E-state index in [4.69, 9.17) is 10.2 Å². The monoisotopic (exact) mass is 129 g/mol. The molecule has 0 aliphatic carbocycles. The second-order valence-corrected chi connectivity index (χ2v) is 1.60. The van der Waals surface area contributed by atoms with Crippen LogP contribution in [-0.2, 0) is 0 Å². The zero-order valence-electron chi connectivity index (χ0n) is 4.65. The molecular weight excluding hydrogens is 122 g/mol. The van der Waals surface area contributed by atoms with E-state index in [1.54, 1.807) is 0 Å². The van der Waals surface area contributed by atoms with Gasteiger partial charge in [0.25, 0.3) is 0 Å². The zero-order valence-corrected chi connectivity index (χ0v) is 4.65. The average molecular weight is 129 g/mol. The molecule has 0 spiro atoms. The zero-order chi connectivity index (χ0) is 6.69. The van der Waals surface area contributed by atoms with Crippen molar-refractivity contribution >= 4 is 0 Å². The first-order chi connectivity index (χ1) is 4.34. The Kier molecular flexibility index (Phi) is 1.76. The molecule has 0 saturated carbocycles. The highest BCUT2D eigenvalue weighted by atomic mass is 16.3. The van der Waals surface area contributed by atoms with Gasteiger partial charge in [0.05, 0.1) is 6.61 Å². The average Bonchev–Trinajstić information content (AvgIpc) is 2.37. The van der Waals surface area contributed by atoms with Crippen LogP contribution in [0.1, 0.15) is 11.8 Å². The smallest absolute Gasteiger partial charge is 0.122 e. The Morgan fingerprint density at radius 1 is 1.78 bits per heavy atom. The molecule has 0 aliphatic rings. The molecule has 9 heavy (non-hydrogen) atoms. The number of hydrogen-bond donors (Lipinski definition) is 3. The van der Waals surface area contributed by atoms with E-state index in [1.807, 2.05) is 0 Å². The first kappa shape index (κ1) is 6.18. The van der Waals surface area contributed by atoms with Crippen LogP contribution in [0.2, 0.25) is 0 Å². The standard InChI is InChI=1S/C4H7N3O2/c8-2-4(9)3-1-5-7-6-3/h1,4,8-9H,2H2,(H,5,6,7). The van der Waals surface area contributed by atoms with Gasteiger partial charge in [-0.05, 0) is 0 Å². The van der Waals surface area contributed by atoms with E-state index in [-0.39, 0.29) is 6.61 Å². The van der Waals surface area contributed by atoms with Crippen molar-refractivity contribution in [3.05, 3.63) is 11.9 Å². The Balaban J connectivity index is 2.65. The maximum absolute atomic E-state index is 8.85. The van der Waals surface area contributed by atoms with Gasteiger partial charge in [0, 0.05) is 6.20 Å². The lowest BCUT2D eigenvalue weighted by molar-refractivity contribution is 0.0922. The molecule has 3 N–H and O–H groups in total. The molecule has 5 heteroatoms. The van der Waals surface area contributed by atoms with Crippen LogP contribution < -0.4 is 0 Å². The van der Waals surface area contributed by atoms with Crippen molar-refractivity contribution in [3.8, 4) is 0 Å². The molecule has 0 fully saturated rings. The van der Waals surface area contributed by atoms with Crippen molar-refractivity contribution in [3.63, 3.8) is 0 Å². The molecule has 0 saturated heterocycles. The van der Waals surface area contributed by atoms with E-state index < -0.39 is 6.10 Å². The molecular formula is C4H7N3O2. The molecule has 0 aromatic carbocycles. The van der Waals surface area contributed by atoms with Crippen molar-refractivity contribution in [1.82, 2.24) is 15.4 Å². The summed E-state index contributed by atoms with van der Waals surface area (Å²) in [6.45, 7) is -0.327. The Morgan fingerprint density at radius 3 is 3.00 bits per heavy atom. The number of aromatic nitrogens is 3. The number of aliphatic hydroxyl groups excluding tert-OH is 2. The van der Waals surface area contributed by atoms with E-state index >= 15 is 0 Å². The molecule has 1 unspecified atom stereocenters. The van der Waals surface area contributed by atoms with Crippen LogP contribution in [0, 0.1) is 0 Å². The molecule has 0 amide bonds. The Hall–Kier alpha value is -0.940. The third-order valence-corrected chi connectivity index (χ3v) is 0.950. The van der Waals surface area contributed by atoms with Gasteiger partial charge in [-0.3, -0.25) is 5.10 Å². The molecule has 1 atom stereocenters. The fourth-order valence-electron chi connectivity index (χ4n) is 0.467. The number of aliphatic hydroxyl groups is 2. The number of H-pyrrole nitrogens is 1. The second-order valence-electron chi connectivity index (χ2n) is 1.60. The number of rotatable bonds is 2. The van der Waals surface area contributed by atoms with Gasteiger partial charge < -0.3 is 10.2 Å². The van der Waals surface area contributed by atoms with Gasteiger partial charge in [-0.25, -0.2) is 0 Å². The minimum absolute atomic E-state index is 0.327. The van der Waals surface area contributed by atoms with Crippen LogP contribution in [0.3, 0.4) is 0 Å². The fraction of sp³-hybridized carbons (Fsp3) is 0.500. The van der Waals surface area contributed by atoms with Gasteiger partial charge in [0.15, 0.2) is 0 Å². The highest BCUT2D eigenvalue weighted by Crippen LogP contribution is 2.03. The number of hydrogen-bond acceptors (Lipinski definition) is 4. The third-order valence-electron chi connectivity index (χ3n) is 0.950. The van der Waals surface area contributed by atoms with Gasteiger partial charge in [0.1, 0.15) is 11.8 Å². The molecule has 1 aromatic heterocycles. The Morgan fingerprint density at radius 2 is 2.56 bits per heavy atom. The summed E-state index contributed by atoms with van der Waals surface area (Å²) >= 11 is 0. The molecule has 0 aliphatic heterocycles. The minimum Gasteiger partial charge on any atom is -0.393 e. The largest absolute Gasteiger partial charge is 0.393 e. The highest BCUT2D eigenvalue weighted by molar-refractivity contribution is 4.94. The number of nitrogens with zero attached hydrogens (tertiary/aromatic N) is 2. The van der Waals surface area contributed by atoms with Crippen molar-refractivity contribution in [2.24, 2.45) is 0 Å². The maximum Gasteiger partial charge on any atom is 0.122 e. The first-order valence-corrected chi connectivity index (χ1v) is 2.50. The van der Waals surface area contributed by atoms with Gasteiger partial charge in [-0.15, -0.1) is 5.10 Å². The molecule has 1 heterocycles. The SMILES string of the molecule is OCC(O)c1c[nH]nn1. The minimum atomic E-state index is -0.913. The van der Waals surface area contributed by atoms with E-state index in [2.05, 4.69) is 15.4 Å². The molecule has 5 nitrogen and oxygen atoms in total. The molecule has 1 rings (SSSR count). The van der Waals surface area contributed by atoms with Crippen molar-refractivity contribution in [2.45, 2.75) is 6.10 Å². The van der Waals surface area contributed by atoms with Gasteiger partial charge in [-0.1, -0.05) is 5.21 Å². The van der Waals surface area contributed by atoms with Gasteiger partial charge in [-0.2, -0.15) is 0 Å². The predicted molar refractivity (Wildman–Crippen MR) is 28.4 cm³/mol. The summed E-state index contributed by atoms with van der Waals surface area (Å²) in [6, 6.07) is 0. The summed E-state index contributed by atoms with van der Waals surface area (Å²) in [7, 11) is 0. The number of nitrogens with one attached hydrogen (secondary N) is 1. The normalized spacial score (nSPS) is 13.6. The molecule has 0 radical (unpaired) electrons. The lowest BCUT2D eigenvalue weighted by Gasteiger charge is -1.98. The Labute approximate surface area is 51.3 Å². The summed E-state index contributed by atoms with van der Waals surface area (Å²) in [5.74, 6) is 0. The lowest BCUT2D eigenvalue weighted by atomic mass is 10.3. The molecule has 1 aromatic rings. The highest BCUT2D eigenvalue weighted by Gasteiger charge is 2.06. The Bertz CT molecular complexity index is 162. The summed E-state index contributed by atoms with van der Waals surface area (Å²) in [5.41, 5.74) is 0.359. The quantitative estimate of drug-likeness (QED) is 0.470. The summed E-state index contributed by atoms with van der Waals surface area (Å²) < 4.78 is 0. The van der Waals surface area contributed by atoms with Crippen LogP contribution >= 0.6 is 0 Å². The van der Waals surface area contributed by atoms with Gasteiger partial charge in [0.2, 0.25) is 0 Å². The van der Waals surface area contributed by atoms with Gasteiger partial charge >= 0.3 is 0 Å². The summed E-state index contributed by atoms with van der Waals surface area (Å²) in [6.07, 6.45) is 0.518. The van der Waals surface area contributed by atoms with Crippen LogP contribution in [-0.4, -0.2) is 32.2 Å². The number of aromatic amines is 1. The van der Waals surface area contributed by atoms with E-state index in [1.165, 1.54) is 6.20 Å². The van der Waals surface area contributed by atoms with Crippen LogP contribution in [0.4, 0.5) is 0 Å². The van der Waals surface area contributed by atoms with Crippen LogP contribution in [0.25, 0.3) is 0 Å². The van der Waals surface area contributed by atoms with E-state index in [0.29, 0.717) is 5.69 Å². The van der Waals surface area contributed by atoms with E-state index in [9.17, 15) is 0 Å². The molecule has 0 bridgehead atoms. The summed E-state index contributed by atoms with van der Waals surface area (Å²) in [4.78, 5) is 0. The second kappa shape index (κ2) is 2.56. The van der Waals surface area contributed by atoms with Crippen LogP contribution in [0.5, 0.6) is 0 Å². The lowest BCUT2D eigenvalue weighted by Crippen LogP contribution is -2.02. The van der Waals surface area contributed by atoms with Crippen molar-refractivity contribution in [2.75, 3.05) is 6.61 Å². The third kappa shape index (κ3) is 1.24. The predicted octanol–water partition coefficient (Wildman–Crippen LogP) is -1.17. The topological polar surface area (TPSA) is 82.0 Å². The van der Waals surface area contributed by atoms with E-state index in [0.717, 1.165) is 0 Å². The van der Waals surface area contributed by atoms with Crippen molar-refractivity contribution < 1.29 is 10.2 Å². The molecule has 50 valence electrons. The van der Waals surface area contributed by atoms with Crippen molar-refractivity contribution in [1.29, 1.82) is 0 Å². The fourth-order valence-corrected chi connectivity index (χ4v) is 0.467. The first-order valence-electron chi connectivity index (χ1n) is 2.50. The summed E-state index contributed by atoms with van der Waals surface area (Å²) in [5, 5.41) is 26.4. The van der Waals surface area contributed by atoms with Crippen LogP contribution in [0.15, 0.2) is 6.20 Å². The maximum atomic E-state index is 8.85.